The number of amides is 1. The van der Waals surface area contributed by atoms with Crippen LogP contribution >= 0.6 is 0 Å². The molecular formula is C15H23NO2. The molecule has 0 bridgehead atoms. The summed E-state index contributed by atoms with van der Waals surface area (Å²) in [7, 11) is 1.78. The molecule has 0 aliphatic heterocycles. The Balaban J connectivity index is 3.07. The van der Waals surface area contributed by atoms with Crippen molar-refractivity contribution in [1.29, 1.82) is 0 Å². The summed E-state index contributed by atoms with van der Waals surface area (Å²) < 4.78 is 0. The first kappa shape index (κ1) is 14.7. The van der Waals surface area contributed by atoms with Crippen LogP contribution in [0.25, 0.3) is 0 Å². The number of anilines is 1. The van der Waals surface area contributed by atoms with E-state index in [1.807, 2.05) is 26.8 Å². The third kappa shape index (κ3) is 2.91. The molecule has 1 unspecified atom stereocenters. The average molecular weight is 249 g/mol. The van der Waals surface area contributed by atoms with Crippen molar-refractivity contribution in [2.24, 2.45) is 5.92 Å². The molecule has 0 saturated heterocycles. The molecule has 1 atom stereocenters. The molecule has 1 rings (SSSR count). The molecule has 1 N–H and O–H groups in total. The molecule has 18 heavy (non-hydrogen) atoms. The van der Waals surface area contributed by atoms with Gasteiger partial charge in [0.25, 0.3) is 0 Å². The van der Waals surface area contributed by atoms with E-state index in [1.165, 1.54) is 11.1 Å². The van der Waals surface area contributed by atoms with E-state index in [4.69, 9.17) is 0 Å². The third-order valence-electron chi connectivity index (χ3n) is 3.57. The normalized spacial score (nSPS) is 12.3. The monoisotopic (exact) mass is 249 g/mol. The fourth-order valence-electron chi connectivity index (χ4n) is 2.08. The van der Waals surface area contributed by atoms with E-state index >= 15 is 0 Å². The number of aryl methyl sites for hydroxylation is 3. The fourth-order valence-corrected chi connectivity index (χ4v) is 2.08. The maximum Gasteiger partial charge on any atom is 0.232 e. The molecule has 0 heterocycles. The van der Waals surface area contributed by atoms with Crippen molar-refractivity contribution in [3.05, 3.63) is 28.8 Å². The van der Waals surface area contributed by atoms with Gasteiger partial charge in [0.05, 0.1) is 12.5 Å². The summed E-state index contributed by atoms with van der Waals surface area (Å²) in [5, 5.41) is 9.21. The van der Waals surface area contributed by atoms with Crippen LogP contribution in [-0.4, -0.2) is 24.7 Å². The molecular weight excluding hydrogens is 226 g/mol. The minimum atomic E-state index is -0.309. The van der Waals surface area contributed by atoms with Crippen LogP contribution in [0.2, 0.25) is 0 Å². The van der Waals surface area contributed by atoms with Crippen molar-refractivity contribution in [3.63, 3.8) is 0 Å². The van der Waals surface area contributed by atoms with Crippen LogP contribution in [0, 0.1) is 26.7 Å². The molecule has 3 nitrogen and oxygen atoms in total. The van der Waals surface area contributed by atoms with E-state index in [-0.39, 0.29) is 18.4 Å². The van der Waals surface area contributed by atoms with Crippen LogP contribution < -0.4 is 4.90 Å². The van der Waals surface area contributed by atoms with Gasteiger partial charge in [-0.3, -0.25) is 4.79 Å². The summed E-state index contributed by atoms with van der Waals surface area (Å²) >= 11 is 0. The lowest BCUT2D eigenvalue weighted by Gasteiger charge is -2.24. The molecule has 0 aliphatic carbocycles. The molecule has 100 valence electrons. The lowest BCUT2D eigenvalue weighted by atomic mass is 10.0. The number of hydrogen-bond acceptors (Lipinski definition) is 2. The van der Waals surface area contributed by atoms with Gasteiger partial charge in [0.2, 0.25) is 5.91 Å². The van der Waals surface area contributed by atoms with Gasteiger partial charge in [0.15, 0.2) is 0 Å². The molecule has 0 aliphatic rings. The Hall–Kier alpha value is -1.35. The Morgan fingerprint density at radius 1 is 1.22 bits per heavy atom. The van der Waals surface area contributed by atoms with E-state index in [1.54, 1.807) is 11.9 Å². The van der Waals surface area contributed by atoms with Crippen molar-refractivity contribution < 1.29 is 9.90 Å². The Kier molecular flexibility index (Phi) is 4.91. The second-order valence-electron chi connectivity index (χ2n) is 4.91. The number of benzene rings is 1. The second-order valence-corrected chi connectivity index (χ2v) is 4.91. The fraction of sp³-hybridized carbons (Fsp3) is 0.533. The first-order valence-electron chi connectivity index (χ1n) is 6.38. The zero-order valence-electron chi connectivity index (χ0n) is 11.9. The van der Waals surface area contributed by atoms with Crippen molar-refractivity contribution in [2.75, 3.05) is 18.6 Å². The quantitative estimate of drug-likeness (QED) is 0.891. The van der Waals surface area contributed by atoms with Gasteiger partial charge in [-0.2, -0.15) is 0 Å². The summed E-state index contributed by atoms with van der Waals surface area (Å²) in [6, 6.07) is 4.13. The minimum Gasteiger partial charge on any atom is -0.396 e. The van der Waals surface area contributed by atoms with Gasteiger partial charge in [-0.1, -0.05) is 13.0 Å². The average Bonchev–Trinajstić information content (AvgIpc) is 2.34. The van der Waals surface area contributed by atoms with Crippen molar-refractivity contribution in [2.45, 2.75) is 34.1 Å². The highest BCUT2D eigenvalue weighted by atomic mass is 16.3. The van der Waals surface area contributed by atoms with E-state index in [2.05, 4.69) is 13.0 Å². The number of nitrogens with zero attached hydrogens (tertiary/aromatic N) is 1. The Labute approximate surface area is 109 Å². The molecule has 0 radical (unpaired) electrons. The number of carbonyl (C=O) groups is 1. The Morgan fingerprint density at radius 3 is 2.28 bits per heavy atom. The summed E-state index contributed by atoms with van der Waals surface area (Å²) in [5.74, 6) is -0.331. The molecule has 1 aromatic carbocycles. The SMILES string of the molecule is CCC(CO)C(=O)N(C)c1cc(C)c(C)cc1C. The van der Waals surface area contributed by atoms with E-state index in [0.717, 1.165) is 11.3 Å². The number of hydrogen-bond donors (Lipinski definition) is 1. The predicted octanol–water partition coefficient (Wildman–Crippen LogP) is 2.59. The first-order chi connectivity index (χ1) is 8.42. The van der Waals surface area contributed by atoms with Gasteiger partial charge in [-0.05, 0) is 49.9 Å². The highest BCUT2D eigenvalue weighted by Crippen LogP contribution is 2.24. The molecule has 3 heteroatoms. The largest absolute Gasteiger partial charge is 0.396 e. The van der Waals surface area contributed by atoms with Gasteiger partial charge >= 0.3 is 0 Å². The van der Waals surface area contributed by atoms with Crippen molar-refractivity contribution in [3.8, 4) is 0 Å². The summed E-state index contributed by atoms with van der Waals surface area (Å²) in [6.07, 6.45) is 0.656. The Morgan fingerprint density at radius 2 is 1.78 bits per heavy atom. The Bertz CT molecular complexity index is 436. The van der Waals surface area contributed by atoms with Crippen molar-refractivity contribution >= 4 is 11.6 Å². The van der Waals surface area contributed by atoms with Gasteiger partial charge in [0, 0.05) is 12.7 Å². The van der Waals surface area contributed by atoms with Gasteiger partial charge in [-0.25, -0.2) is 0 Å². The lowest BCUT2D eigenvalue weighted by Crippen LogP contribution is -2.34. The second kappa shape index (κ2) is 6.01. The molecule has 1 aromatic rings. The highest BCUT2D eigenvalue weighted by Gasteiger charge is 2.21. The molecule has 0 saturated carbocycles. The topological polar surface area (TPSA) is 40.5 Å². The third-order valence-corrected chi connectivity index (χ3v) is 3.57. The molecule has 0 aromatic heterocycles. The van der Waals surface area contributed by atoms with Crippen molar-refractivity contribution in [1.82, 2.24) is 0 Å². The highest BCUT2D eigenvalue weighted by molar-refractivity contribution is 5.95. The van der Waals surface area contributed by atoms with Crippen LogP contribution in [0.15, 0.2) is 12.1 Å². The summed E-state index contributed by atoms with van der Waals surface area (Å²) in [6.45, 7) is 7.94. The van der Waals surface area contributed by atoms with Crippen LogP contribution in [0.3, 0.4) is 0 Å². The van der Waals surface area contributed by atoms with Gasteiger partial charge < -0.3 is 10.0 Å². The minimum absolute atomic E-state index is 0.0219. The number of aliphatic hydroxyl groups is 1. The van der Waals surface area contributed by atoms with E-state index < -0.39 is 0 Å². The van der Waals surface area contributed by atoms with Gasteiger partial charge in [-0.15, -0.1) is 0 Å². The summed E-state index contributed by atoms with van der Waals surface area (Å²) in [4.78, 5) is 13.9. The standard InChI is InChI=1S/C15H23NO2/c1-6-13(9-17)15(18)16(5)14-8-11(3)10(2)7-12(14)4/h7-8,13,17H,6,9H2,1-5H3. The first-order valence-corrected chi connectivity index (χ1v) is 6.38. The van der Waals surface area contributed by atoms with Crippen LogP contribution in [-0.2, 0) is 4.79 Å². The zero-order chi connectivity index (χ0) is 13.9. The molecule has 0 spiro atoms. The smallest absolute Gasteiger partial charge is 0.232 e. The van der Waals surface area contributed by atoms with Gasteiger partial charge in [0.1, 0.15) is 0 Å². The lowest BCUT2D eigenvalue weighted by molar-refractivity contribution is -0.123. The summed E-state index contributed by atoms with van der Waals surface area (Å²) in [5.41, 5.74) is 4.41. The maximum atomic E-state index is 12.2. The molecule has 0 fully saturated rings. The van der Waals surface area contributed by atoms with Crippen LogP contribution in [0.1, 0.15) is 30.0 Å². The number of carbonyl (C=O) groups excluding carboxylic acids is 1. The predicted molar refractivity (Wildman–Crippen MR) is 74.9 cm³/mol. The van der Waals surface area contributed by atoms with E-state index in [9.17, 15) is 9.90 Å². The number of rotatable bonds is 4. The zero-order valence-corrected chi connectivity index (χ0v) is 11.9. The molecule has 1 amide bonds. The van der Waals surface area contributed by atoms with Crippen LogP contribution in [0.4, 0.5) is 5.69 Å². The van der Waals surface area contributed by atoms with Crippen LogP contribution in [0.5, 0.6) is 0 Å². The maximum absolute atomic E-state index is 12.2. The number of aliphatic hydroxyl groups excluding tert-OH is 1. The van der Waals surface area contributed by atoms with E-state index in [0.29, 0.717) is 6.42 Å².